The number of para-hydroxylation sites is 1. The zero-order valence-electron chi connectivity index (χ0n) is 16.9. The predicted octanol–water partition coefficient (Wildman–Crippen LogP) is 2.11. The number of hydrogen-bond acceptors (Lipinski definition) is 5. The molecule has 0 unspecified atom stereocenters. The highest BCUT2D eigenvalue weighted by molar-refractivity contribution is 7.07. The van der Waals surface area contributed by atoms with Gasteiger partial charge in [-0.2, -0.15) is 5.26 Å². The van der Waals surface area contributed by atoms with Crippen LogP contribution in [0.1, 0.15) is 11.1 Å². The largest absolute Gasteiger partial charge is 0.347 e. The van der Waals surface area contributed by atoms with E-state index in [0.29, 0.717) is 10.2 Å². The average Bonchev–Trinajstić information content (AvgIpc) is 3.15. The third-order valence-electron chi connectivity index (χ3n) is 4.67. The van der Waals surface area contributed by atoms with Gasteiger partial charge in [-0.3, -0.25) is 19.1 Å². The van der Waals surface area contributed by atoms with Crippen LogP contribution < -0.4 is 20.1 Å². The monoisotopic (exact) mass is 438 g/mol. The van der Waals surface area contributed by atoms with Gasteiger partial charge in [-0.25, -0.2) is 0 Å². The van der Waals surface area contributed by atoms with Gasteiger partial charge in [-0.1, -0.05) is 54.6 Å². The molecule has 0 aliphatic carbocycles. The van der Waals surface area contributed by atoms with E-state index in [1.807, 2.05) is 48.5 Å². The van der Waals surface area contributed by atoms with Crippen molar-refractivity contribution in [2.45, 2.75) is 6.54 Å². The number of hydrogen-bond donors (Lipinski definition) is 1. The van der Waals surface area contributed by atoms with Crippen LogP contribution in [0.4, 0.5) is 0 Å². The predicted molar refractivity (Wildman–Crippen MR) is 124 cm³/mol. The Kier molecular flexibility index (Phi) is 6.35. The molecule has 2 aromatic carbocycles. The van der Waals surface area contributed by atoms with E-state index in [9.17, 15) is 14.9 Å². The third kappa shape index (κ3) is 4.56. The lowest BCUT2D eigenvalue weighted by Gasteiger charge is -2.06. The number of pyridine rings is 1. The van der Waals surface area contributed by atoms with Gasteiger partial charge < -0.3 is 5.32 Å². The fourth-order valence-corrected chi connectivity index (χ4v) is 4.24. The Hall–Kier alpha value is -4.28. The third-order valence-corrected chi connectivity index (χ3v) is 5.76. The molecule has 0 aliphatic rings. The van der Waals surface area contributed by atoms with Crippen LogP contribution in [-0.4, -0.2) is 15.5 Å². The molecule has 0 spiro atoms. The molecule has 2 aromatic heterocycles. The summed E-state index contributed by atoms with van der Waals surface area (Å²) in [4.78, 5) is 30.3. The fraction of sp³-hybridized carbons (Fsp3) is 0.0400. The number of nitrogens with zero attached hydrogens (tertiary/aromatic N) is 3. The van der Waals surface area contributed by atoms with Gasteiger partial charge in [0, 0.05) is 18.9 Å². The van der Waals surface area contributed by atoms with Gasteiger partial charge in [0.05, 0.1) is 10.2 Å². The first kappa shape index (κ1) is 21.0. The van der Waals surface area contributed by atoms with Gasteiger partial charge >= 0.3 is 0 Å². The molecule has 0 radical (unpaired) electrons. The first-order chi connectivity index (χ1) is 15.7. The summed E-state index contributed by atoms with van der Waals surface area (Å²) in [6.07, 6.45) is 5.01. The number of rotatable bonds is 5. The van der Waals surface area contributed by atoms with E-state index >= 15 is 0 Å². The molecule has 1 N–H and O–H groups in total. The summed E-state index contributed by atoms with van der Waals surface area (Å²) < 4.78 is 2.10. The average molecular weight is 439 g/mol. The Bertz CT molecular complexity index is 1450. The lowest BCUT2D eigenvalue weighted by Crippen LogP contribution is -2.33. The number of amides is 1. The van der Waals surface area contributed by atoms with Crippen LogP contribution in [0.2, 0.25) is 0 Å². The maximum atomic E-state index is 13.3. The highest BCUT2D eigenvalue weighted by atomic mass is 32.1. The second kappa shape index (κ2) is 9.69. The van der Waals surface area contributed by atoms with E-state index in [1.54, 1.807) is 48.8 Å². The number of thiazole rings is 1. The summed E-state index contributed by atoms with van der Waals surface area (Å²) in [6, 6.07) is 24.0. The van der Waals surface area contributed by atoms with Crippen LogP contribution in [0.25, 0.3) is 17.3 Å². The van der Waals surface area contributed by atoms with Gasteiger partial charge in [-0.15, -0.1) is 11.3 Å². The van der Waals surface area contributed by atoms with Gasteiger partial charge in [0.15, 0.2) is 5.57 Å². The van der Waals surface area contributed by atoms with Crippen molar-refractivity contribution in [3.05, 3.63) is 116 Å². The number of nitriles is 1. The number of carbonyl (C=O) groups excluding carboxylic acids is 1. The summed E-state index contributed by atoms with van der Waals surface area (Å²) in [5.74, 6) is -0.532. The van der Waals surface area contributed by atoms with E-state index in [0.717, 1.165) is 22.5 Å². The van der Waals surface area contributed by atoms with Crippen LogP contribution in [-0.2, 0) is 11.3 Å². The zero-order valence-corrected chi connectivity index (χ0v) is 17.8. The molecule has 4 rings (SSSR count). The SMILES string of the molecule is N#C/C(C(=O)NCc1ccccc1)=c1/s/c(=C/c2cccnc2)c(=O)n1-c1ccccc1. The molecule has 32 heavy (non-hydrogen) atoms. The molecule has 1 amide bonds. The van der Waals surface area contributed by atoms with E-state index in [1.165, 1.54) is 4.57 Å². The Morgan fingerprint density at radius 3 is 2.44 bits per heavy atom. The minimum Gasteiger partial charge on any atom is -0.347 e. The van der Waals surface area contributed by atoms with Gasteiger partial charge in [0.25, 0.3) is 11.5 Å². The molecule has 0 fully saturated rings. The molecule has 4 aromatic rings. The highest BCUT2D eigenvalue weighted by Gasteiger charge is 2.16. The summed E-state index contributed by atoms with van der Waals surface area (Å²) in [5.41, 5.74) is 1.83. The van der Waals surface area contributed by atoms with Crippen LogP contribution in [0.15, 0.2) is 90.0 Å². The van der Waals surface area contributed by atoms with Crippen LogP contribution in [0.3, 0.4) is 0 Å². The van der Waals surface area contributed by atoms with Crippen molar-refractivity contribution >= 4 is 28.9 Å². The van der Waals surface area contributed by atoms with Crippen LogP contribution in [0, 0.1) is 11.3 Å². The Morgan fingerprint density at radius 1 is 1.06 bits per heavy atom. The maximum absolute atomic E-state index is 13.3. The van der Waals surface area contributed by atoms with Gasteiger partial charge in [0.1, 0.15) is 10.7 Å². The first-order valence-electron chi connectivity index (χ1n) is 9.83. The van der Waals surface area contributed by atoms with Crippen molar-refractivity contribution in [3.8, 4) is 11.8 Å². The molecule has 0 atom stereocenters. The summed E-state index contributed by atoms with van der Waals surface area (Å²) in [5, 5.41) is 12.6. The quantitative estimate of drug-likeness (QED) is 0.517. The summed E-state index contributed by atoms with van der Waals surface area (Å²) >= 11 is 1.11. The molecule has 6 nitrogen and oxygen atoms in total. The van der Waals surface area contributed by atoms with Crippen LogP contribution >= 0.6 is 11.3 Å². The van der Waals surface area contributed by atoms with Gasteiger partial charge in [0.2, 0.25) is 0 Å². The molecule has 7 heteroatoms. The van der Waals surface area contributed by atoms with Crippen molar-refractivity contribution in [1.29, 1.82) is 5.26 Å². The summed E-state index contributed by atoms with van der Waals surface area (Å²) in [6.45, 7) is 0.278. The van der Waals surface area contributed by atoms with Crippen molar-refractivity contribution in [2.24, 2.45) is 0 Å². The van der Waals surface area contributed by atoms with Crippen LogP contribution in [0.5, 0.6) is 0 Å². The Balaban J connectivity index is 1.87. The van der Waals surface area contributed by atoms with E-state index < -0.39 is 5.91 Å². The molecule has 0 saturated heterocycles. The Morgan fingerprint density at radius 2 is 1.78 bits per heavy atom. The van der Waals surface area contributed by atoms with Crippen molar-refractivity contribution in [3.63, 3.8) is 0 Å². The molecule has 156 valence electrons. The van der Waals surface area contributed by atoms with E-state index in [4.69, 9.17) is 0 Å². The lowest BCUT2D eigenvalue weighted by molar-refractivity contribution is -0.115. The standard InChI is InChI=1S/C25H18N4O2S/c26-15-21(23(30)28-17-18-8-3-1-4-9-18)25-29(20-11-5-2-6-12-20)24(31)22(32-25)14-19-10-7-13-27-16-19/h1-14,16H,17H2,(H,28,30)/b22-14+,25-21-. The summed E-state index contributed by atoms with van der Waals surface area (Å²) in [7, 11) is 0. The topological polar surface area (TPSA) is 87.8 Å². The molecular weight excluding hydrogens is 420 g/mol. The second-order valence-electron chi connectivity index (χ2n) is 6.83. The number of carbonyl (C=O) groups is 1. The minimum absolute atomic E-state index is 0.113. The number of aromatic nitrogens is 2. The molecule has 0 saturated carbocycles. The van der Waals surface area contributed by atoms with E-state index in [2.05, 4.69) is 10.3 Å². The highest BCUT2D eigenvalue weighted by Crippen LogP contribution is 2.05. The van der Waals surface area contributed by atoms with Crippen molar-refractivity contribution in [1.82, 2.24) is 14.9 Å². The van der Waals surface area contributed by atoms with Crippen molar-refractivity contribution < 1.29 is 4.79 Å². The van der Waals surface area contributed by atoms with Gasteiger partial charge in [-0.05, 0) is 35.4 Å². The Labute approximate surface area is 188 Å². The molecule has 2 heterocycles. The van der Waals surface area contributed by atoms with Crippen molar-refractivity contribution in [2.75, 3.05) is 0 Å². The molecule has 0 aliphatic heterocycles. The fourth-order valence-electron chi connectivity index (χ4n) is 3.14. The maximum Gasteiger partial charge on any atom is 0.273 e. The van der Waals surface area contributed by atoms with E-state index in [-0.39, 0.29) is 22.3 Å². The first-order valence-corrected chi connectivity index (χ1v) is 10.6. The molecular formula is C25H18N4O2S. The second-order valence-corrected chi connectivity index (χ2v) is 7.86. The lowest BCUT2D eigenvalue weighted by atomic mass is 10.2. The molecule has 0 bridgehead atoms. The zero-order chi connectivity index (χ0) is 22.3. The number of benzene rings is 2. The smallest absolute Gasteiger partial charge is 0.273 e. The number of nitrogens with one attached hydrogen (secondary N) is 1. The normalized spacial score (nSPS) is 12.2. The minimum atomic E-state index is -0.532.